The summed E-state index contributed by atoms with van der Waals surface area (Å²) in [6.45, 7) is 1.09. The van der Waals surface area contributed by atoms with Gasteiger partial charge >= 0.3 is 0 Å². The van der Waals surface area contributed by atoms with Gasteiger partial charge in [0.25, 0.3) is 0 Å². The Morgan fingerprint density at radius 1 is 1.08 bits per heavy atom. The molecule has 1 aliphatic heterocycles. The van der Waals surface area contributed by atoms with E-state index in [1.807, 2.05) is 12.1 Å². The zero-order chi connectivity index (χ0) is 17.3. The van der Waals surface area contributed by atoms with Crippen LogP contribution in [0.2, 0.25) is 5.02 Å². The van der Waals surface area contributed by atoms with E-state index in [4.69, 9.17) is 21.1 Å². The molecule has 0 fully saturated rings. The molecule has 2 aromatic rings. The molecule has 24 heavy (non-hydrogen) atoms. The fourth-order valence-electron chi connectivity index (χ4n) is 3.67. The van der Waals surface area contributed by atoms with E-state index < -0.39 is 0 Å². The van der Waals surface area contributed by atoms with Gasteiger partial charge in [0.2, 0.25) is 0 Å². The van der Waals surface area contributed by atoms with Gasteiger partial charge in [-0.1, -0.05) is 29.8 Å². The Morgan fingerprint density at radius 2 is 1.83 bits per heavy atom. The number of benzene rings is 2. The molecule has 1 aliphatic rings. The maximum Gasteiger partial charge on any atom is 0.160 e. The van der Waals surface area contributed by atoms with Gasteiger partial charge in [-0.05, 0) is 29.3 Å². The molecular formula is C20H25ClNO2+. The molecule has 3 nitrogen and oxygen atoms in total. The van der Waals surface area contributed by atoms with Gasteiger partial charge in [-0.15, -0.1) is 0 Å². The summed E-state index contributed by atoms with van der Waals surface area (Å²) in [5.74, 6) is 1.55. The van der Waals surface area contributed by atoms with Crippen molar-refractivity contribution in [3.63, 3.8) is 0 Å². The minimum Gasteiger partial charge on any atom is -0.493 e. The predicted molar refractivity (Wildman–Crippen MR) is 98.1 cm³/mol. The highest BCUT2D eigenvalue weighted by atomic mass is 35.5. The number of fused-ring (bicyclic) bond motifs is 1. The van der Waals surface area contributed by atoms with Crippen molar-refractivity contribution in [3.05, 3.63) is 58.1 Å². The van der Waals surface area contributed by atoms with E-state index in [0.717, 1.165) is 40.4 Å². The molecule has 1 unspecified atom stereocenters. The molecule has 2 aromatic carbocycles. The number of rotatable bonds is 4. The maximum atomic E-state index is 6.45. The predicted octanol–water partition coefficient (Wildman–Crippen LogP) is 4.27. The average molecular weight is 347 g/mol. The molecule has 0 bridgehead atoms. The SMILES string of the molecule is COc1ccc(CC2c3cccc(Cl)c3CC[N+]2(C)C)cc1OC. The topological polar surface area (TPSA) is 18.5 Å². The third-order valence-electron chi connectivity index (χ3n) is 5.17. The van der Waals surface area contributed by atoms with Crippen molar-refractivity contribution in [2.45, 2.75) is 18.9 Å². The first-order valence-corrected chi connectivity index (χ1v) is 8.65. The lowest BCUT2D eigenvalue weighted by Crippen LogP contribution is -2.48. The summed E-state index contributed by atoms with van der Waals surface area (Å²) in [4.78, 5) is 0. The minimum atomic E-state index is 0.380. The largest absolute Gasteiger partial charge is 0.493 e. The number of nitrogens with zero attached hydrogens (tertiary/aromatic N) is 1. The molecule has 0 saturated carbocycles. The second-order valence-corrected chi connectivity index (χ2v) is 7.38. The Kier molecular flexibility index (Phi) is 4.75. The maximum absolute atomic E-state index is 6.45. The quantitative estimate of drug-likeness (QED) is 0.769. The Hall–Kier alpha value is -1.71. The van der Waals surface area contributed by atoms with Gasteiger partial charge in [-0.3, -0.25) is 0 Å². The number of likely N-dealkylation sites (N-methyl/N-ethyl adjacent to an activating group) is 1. The van der Waals surface area contributed by atoms with Crippen molar-refractivity contribution < 1.29 is 14.0 Å². The summed E-state index contributed by atoms with van der Waals surface area (Å²) in [7, 11) is 7.94. The van der Waals surface area contributed by atoms with Crippen LogP contribution >= 0.6 is 11.6 Å². The van der Waals surface area contributed by atoms with Crippen LogP contribution in [0.1, 0.15) is 22.7 Å². The number of ether oxygens (including phenoxy) is 2. The van der Waals surface area contributed by atoms with Gasteiger partial charge in [0.1, 0.15) is 6.04 Å². The standard InChI is InChI=1S/C20H25ClNO2/c1-22(2)11-10-15-16(6-5-7-17(15)21)18(22)12-14-8-9-19(23-3)20(13-14)24-4/h5-9,13,18H,10-12H2,1-4H3/q+1. The Bertz CT molecular complexity index is 742. The molecule has 1 atom stereocenters. The highest BCUT2D eigenvalue weighted by Gasteiger charge is 2.36. The molecule has 128 valence electrons. The summed E-state index contributed by atoms with van der Waals surface area (Å²) >= 11 is 6.45. The highest BCUT2D eigenvalue weighted by molar-refractivity contribution is 6.31. The number of methoxy groups -OCH3 is 2. The molecule has 0 N–H and O–H groups in total. The second kappa shape index (κ2) is 6.66. The van der Waals surface area contributed by atoms with Gasteiger partial charge in [-0.2, -0.15) is 0 Å². The fraction of sp³-hybridized carbons (Fsp3) is 0.400. The van der Waals surface area contributed by atoms with Crippen molar-refractivity contribution in [3.8, 4) is 11.5 Å². The third-order valence-corrected chi connectivity index (χ3v) is 5.53. The number of halogens is 1. The lowest BCUT2D eigenvalue weighted by Gasteiger charge is -2.43. The lowest BCUT2D eigenvalue weighted by atomic mass is 9.87. The van der Waals surface area contributed by atoms with Crippen LogP contribution in [-0.4, -0.2) is 39.3 Å². The third kappa shape index (κ3) is 3.11. The summed E-state index contributed by atoms with van der Waals surface area (Å²) < 4.78 is 11.8. The van der Waals surface area contributed by atoms with Gasteiger partial charge in [0.05, 0.1) is 34.9 Å². The summed E-state index contributed by atoms with van der Waals surface area (Å²) in [6, 6.07) is 12.9. The van der Waals surface area contributed by atoms with Crippen LogP contribution < -0.4 is 9.47 Å². The molecule has 0 aliphatic carbocycles. The van der Waals surface area contributed by atoms with Gasteiger partial charge in [0, 0.05) is 23.4 Å². The Balaban J connectivity index is 1.98. The zero-order valence-corrected chi connectivity index (χ0v) is 15.6. The summed E-state index contributed by atoms with van der Waals surface area (Å²) in [5, 5.41) is 0.893. The van der Waals surface area contributed by atoms with Crippen molar-refractivity contribution in [2.24, 2.45) is 0 Å². The van der Waals surface area contributed by atoms with E-state index >= 15 is 0 Å². The van der Waals surface area contributed by atoms with Gasteiger partial charge in [0.15, 0.2) is 11.5 Å². The smallest absolute Gasteiger partial charge is 0.160 e. The fourth-order valence-corrected chi connectivity index (χ4v) is 3.95. The molecule has 0 amide bonds. The van der Waals surface area contributed by atoms with E-state index in [9.17, 15) is 0 Å². The highest BCUT2D eigenvalue weighted by Crippen LogP contribution is 2.39. The molecular weight excluding hydrogens is 322 g/mol. The lowest BCUT2D eigenvalue weighted by molar-refractivity contribution is -0.923. The molecule has 0 radical (unpaired) electrons. The van der Waals surface area contributed by atoms with Crippen LogP contribution in [0.25, 0.3) is 0 Å². The van der Waals surface area contributed by atoms with Crippen LogP contribution in [0.4, 0.5) is 0 Å². The van der Waals surface area contributed by atoms with Crippen LogP contribution in [-0.2, 0) is 12.8 Å². The molecule has 0 saturated heterocycles. The number of hydrogen-bond acceptors (Lipinski definition) is 2. The molecule has 3 rings (SSSR count). The summed E-state index contributed by atoms with van der Waals surface area (Å²) in [6.07, 6.45) is 1.98. The van der Waals surface area contributed by atoms with E-state index in [-0.39, 0.29) is 0 Å². The van der Waals surface area contributed by atoms with E-state index in [1.54, 1.807) is 14.2 Å². The van der Waals surface area contributed by atoms with Crippen LogP contribution in [0.5, 0.6) is 11.5 Å². The van der Waals surface area contributed by atoms with Crippen LogP contribution in [0, 0.1) is 0 Å². The normalized spacial score (nSPS) is 18.8. The second-order valence-electron chi connectivity index (χ2n) is 6.97. The van der Waals surface area contributed by atoms with Crippen molar-refractivity contribution >= 4 is 11.6 Å². The molecule has 0 spiro atoms. The Morgan fingerprint density at radius 3 is 2.54 bits per heavy atom. The van der Waals surface area contributed by atoms with Gasteiger partial charge < -0.3 is 14.0 Å². The van der Waals surface area contributed by atoms with Crippen LogP contribution in [0.15, 0.2) is 36.4 Å². The van der Waals surface area contributed by atoms with Crippen molar-refractivity contribution in [2.75, 3.05) is 34.9 Å². The first-order valence-electron chi connectivity index (χ1n) is 8.27. The first kappa shape index (κ1) is 17.1. The monoisotopic (exact) mass is 346 g/mol. The average Bonchev–Trinajstić information content (AvgIpc) is 2.57. The van der Waals surface area contributed by atoms with E-state index in [1.165, 1.54) is 16.7 Å². The first-order chi connectivity index (χ1) is 11.5. The zero-order valence-electron chi connectivity index (χ0n) is 14.8. The number of quaternary nitrogens is 1. The van der Waals surface area contributed by atoms with Crippen molar-refractivity contribution in [1.82, 2.24) is 0 Å². The van der Waals surface area contributed by atoms with Crippen LogP contribution in [0.3, 0.4) is 0 Å². The summed E-state index contributed by atoms with van der Waals surface area (Å²) in [5.41, 5.74) is 3.92. The van der Waals surface area contributed by atoms with E-state index in [2.05, 4.69) is 38.4 Å². The molecule has 1 heterocycles. The number of hydrogen-bond donors (Lipinski definition) is 0. The van der Waals surface area contributed by atoms with E-state index in [0.29, 0.717) is 6.04 Å². The molecule has 4 heteroatoms. The van der Waals surface area contributed by atoms with Gasteiger partial charge in [-0.25, -0.2) is 0 Å². The molecule has 0 aromatic heterocycles. The van der Waals surface area contributed by atoms with Crippen molar-refractivity contribution in [1.29, 1.82) is 0 Å². The minimum absolute atomic E-state index is 0.380. The Labute approximate surface area is 149 Å².